The summed E-state index contributed by atoms with van der Waals surface area (Å²) in [5.74, 6) is -0.239. The number of anilines is 2. The molecule has 2 aromatic heterocycles. The van der Waals surface area contributed by atoms with Gasteiger partial charge in [0.1, 0.15) is 5.82 Å². The largest absolute Gasteiger partial charge is 0.395 e. The third-order valence-electron chi connectivity index (χ3n) is 4.53. The fraction of sp³-hybridized carbons (Fsp3) is 0.364. The van der Waals surface area contributed by atoms with Crippen molar-refractivity contribution >= 4 is 27.2 Å². The van der Waals surface area contributed by atoms with Gasteiger partial charge in [0.25, 0.3) is 0 Å². The summed E-state index contributed by atoms with van der Waals surface area (Å²) >= 11 is 0. The summed E-state index contributed by atoms with van der Waals surface area (Å²) < 4.78 is 29.8. The van der Waals surface area contributed by atoms with Crippen LogP contribution in [0.1, 0.15) is 56.7 Å². The molecule has 3 aromatic rings. The Morgan fingerprint density at radius 3 is 2.39 bits per heavy atom. The highest BCUT2D eigenvalue weighted by atomic mass is 32.2. The first kappa shape index (κ1) is 25.8. The Balaban J connectivity index is 0.00000187. The van der Waals surface area contributed by atoms with Gasteiger partial charge in [-0.25, -0.2) is 13.4 Å². The number of nitrogens with zero attached hydrogens (tertiary/aromatic N) is 3. The lowest BCUT2D eigenvalue weighted by Gasteiger charge is -2.13. The minimum absolute atomic E-state index is 0.0529. The predicted octanol–water partition coefficient (Wildman–Crippen LogP) is 2.95. The number of hydrogen-bond donors (Lipinski definition) is 3. The molecule has 0 aliphatic carbocycles. The lowest BCUT2D eigenvalue weighted by molar-refractivity contribution is 0.0906. The molecule has 0 aliphatic rings. The van der Waals surface area contributed by atoms with Gasteiger partial charge >= 0.3 is 11.8 Å². The molecule has 3 rings (SSSR count). The Kier molecular flexibility index (Phi) is 7.80. The first-order valence-corrected chi connectivity index (χ1v) is 12.2. The molecule has 33 heavy (non-hydrogen) atoms. The molecule has 0 saturated carbocycles. The monoisotopic (exact) mass is 474 g/mol. The van der Waals surface area contributed by atoms with Crippen molar-refractivity contribution in [1.82, 2.24) is 20.4 Å². The zero-order valence-corrected chi connectivity index (χ0v) is 20.4. The van der Waals surface area contributed by atoms with Crippen molar-refractivity contribution in [1.29, 1.82) is 0 Å². The van der Waals surface area contributed by atoms with E-state index in [9.17, 15) is 13.2 Å². The van der Waals surface area contributed by atoms with Crippen molar-refractivity contribution in [2.24, 2.45) is 0 Å². The molecule has 0 radical (unpaired) electrons. The number of nitrogens with two attached hydrogens (primary N) is 2. The number of sulfone groups is 1. The van der Waals surface area contributed by atoms with E-state index in [2.05, 4.69) is 20.4 Å². The SMILES string of the molecule is CC.CC(C)(C)c1noc(C(=O)NCc2ccc(-c3ccnc(N)c3N)cc2S(C)(=O)=O)n1. The molecule has 0 spiro atoms. The van der Waals surface area contributed by atoms with Crippen molar-refractivity contribution in [2.45, 2.75) is 51.5 Å². The van der Waals surface area contributed by atoms with Crippen LogP contribution in [-0.4, -0.2) is 35.7 Å². The molecule has 0 bridgehead atoms. The molecule has 178 valence electrons. The predicted molar refractivity (Wildman–Crippen MR) is 127 cm³/mol. The first-order chi connectivity index (χ1) is 15.4. The van der Waals surface area contributed by atoms with E-state index in [-0.39, 0.29) is 34.3 Å². The van der Waals surface area contributed by atoms with Crippen LogP contribution in [0.3, 0.4) is 0 Å². The van der Waals surface area contributed by atoms with Crippen LogP contribution in [0.4, 0.5) is 11.5 Å². The zero-order chi connectivity index (χ0) is 25.0. The number of benzene rings is 1. The molecule has 1 amide bonds. The maximum atomic E-state index is 12.4. The van der Waals surface area contributed by atoms with E-state index in [1.807, 2.05) is 34.6 Å². The molecule has 5 N–H and O–H groups in total. The molecular formula is C22H30N6O4S. The van der Waals surface area contributed by atoms with Crippen molar-refractivity contribution < 1.29 is 17.7 Å². The van der Waals surface area contributed by atoms with E-state index >= 15 is 0 Å². The lowest BCUT2D eigenvalue weighted by atomic mass is 9.96. The molecule has 0 atom stereocenters. The summed E-state index contributed by atoms with van der Waals surface area (Å²) in [6, 6.07) is 6.45. The number of carbonyl (C=O) groups excluding carboxylic acids is 1. The van der Waals surface area contributed by atoms with Crippen molar-refractivity contribution in [3.8, 4) is 11.1 Å². The van der Waals surface area contributed by atoms with E-state index in [4.69, 9.17) is 16.0 Å². The third-order valence-corrected chi connectivity index (χ3v) is 5.71. The van der Waals surface area contributed by atoms with E-state index in [1.165, 1.54) is 12.3 Å². The lowest BCUT2D eigenvalue weighted by Crippen LogP contribution is -2.24. The number of rotatable bonds is 5. The Hall–Kier alpha value is -3.47. The van der Waals surface area contributed by atoms with E-state index in [0.29, 0.717) is 22.5 Å². The van der Waals surface area contributed by atoms with Crippen LogP contribution in [0.15, 0.2) is 39.9 Å². The van der Waals surface area contributed by atoms with Gasteiger partial charge in [0.15, 0.2) is 15.7 Å². The van der Waals surface area contributed by atoms with Crippen LogP contribution in [0, 0.1) is 0 Å². The van der Waals surface area contributed by atoms with Gasteiger partial charge in [0, 0.05) is 30.0 Å². The second-order valence-electron chi connectivity index (χ2n) is 8.11. The van der Waals surface area contributed by atoms with Crippen LogP contribution >= 0.6 is 0 Å². The van der Waals surface area contributed by atoms with Crippen LogP contribution in [0.25, 0.3) is 11.1 Å². The standard InChI is InChI=1S/C20H24N6O4S.C2H6/c1-20(2,3)19-25-18(30-26-19)17(27)24-10-12-6-5-11(9-14(12)31(4,28)29)13-7-8-23-16(22)15(13)21;1-2/h5-9H,10,21H2,1-4H3,(H2,22,23)(H,24,27);1-2H3. The zero-order valence-electron chi connectivity index (χ0n) is 19.6. The topological polar surface area (TPSA) is 167 Å². The average molecular weight is 475 g/mol. The summed E-state index contributed by atoms with van der Waals surface area (Å²) in [7, 11) is -3.61. The normalized spacial score (nSPS) is 11.5. The first-order valence-electron chi connectivity index (χ1n) is 10.3. The fourth-order valence-electron chi connectivity index (χ4n) is 2.83. The third kappa shape index (κ3) is 6.07. The van der Waals surface area contributed by atoms with E-state index in [1.54, 1.807) is 18.2 Å². The maximum Gasteiger partial charge on any atom is 0.315 e. The fourth-order valence-corrected chi connectivity index (χ4v) is 3.78. The highest BCUT2D eigenvalue weighted by molar-refractivity contribution is 7.90. The molecule has 0 saturated heterocycles. The minimum Gasteiger partial charge on any atom is -0.395 e. The summed E-state index contributed by atoms with van der Waals surface area (Å²) in [4.78, 5) is 20.5. The molecule has 11 heteroatoms. The smallest absolute Gasteiger partial charge is 0.315 e. The van der Waals surface area contributed by atoms with Crippen LogP contribution < -0.4 is 16.8 Å². The van der Waals surface area contributed by atoms with Crippen LogP contribution in [0.2, 0.25) is 0 Å². The van der Waals surface area contributed by atoms with Gasteiger partial charge in [0.05, 0.1) is 10.6 Å². The summed E-state index contributed by atoms with van der Waals surface area (Å²) in [5.41, 5.74) is 13.2. The van der Waals surface area contributed by atoms with Crippen LogP contribution in [-0.2, 0) is 21.8 Å². The number of nitrogens with one attached hydrogen (secondary N) is 1. The van der Waals surface area contributed by atoms with Gasteiger partial charge in [-0.2, -0.15) is 4.98 Å². The Morgan fingerprint density at radius 2 is 1.82 bits per heavy atom. The van der Waals surface area contributed by atoms with Crippen molar-refractivity contribution in [3.05, 3.63) is 47.7 Å². The summed E-state index contributed by atoms with van der Waals surface area (Å²) in [5, 5.41) is 6.43. The highest BCUT2D eigenvalue weighted by Crippen LogP contribution is 2.31. The number of aromatic nitrogens is 3. The minimum atomic E-state index is -3.61. The van der Waals surface area contributed by atoms with Gasteiger partial charge in [-0.05, 0) is 23.3 Å². The Morgan fingerprint density at radius 1 is 1.15 bits per heavy atom. The second kappa shape index (κ2) is 9.99. The molecule has 1 aromatic carbocycles. The van der Waals surface area contributed by atoms with Gasteiger partial charge < -0.3 is 21.3 Å². The Bertz CT molecular complexity index is 1250. The average Bonchev–Trinajstić information content (AvgIpc) is 3.26. The number of pyridine rings is 1. The highest BCUT2D eigenvalue weighted by Gasteiger charge is 2.24. The number of amides is 1. The number of nitrogen functional groups attached to an aromatic ring is 2. The molecule has 0 unspecified atom stereocenters. The van der Waals surface area contributed by atoms with Crippen LogP contribution in [0.5, 0.6) is 0 Å². The molecule has 0 fully saturated rings. The van der Waals surface area contributed by atoms with E-state index < -0.39 is 15.7 Å². The quantitative estimate of drug-likeness (QED) is 0.503. The molecule has 0 aliphatic heterocycles. The molecule has 2 heterocycles. The molecule has 10 nitrogen and oxygen atoms in total. The molecular weight excluding hydrogens is 444 g/mol. The number of carbonyl (C=O) groups is 1. The van der Waals surface area contributed by atoms with Crippen molar-refractivity contribution in [2.75, 3.05) is 17.7 Å². The number of hydrogen-bond acceptors (Lipinski definition) is 9. The Labute approximate surface area is 193 Å². The van der Waals surface area contributed by atoms with Gasteiger partial charge in [-0.3, -0.25) is 4.79 Å². The summed E-state index contributed by atoms with van der Waals surface area (Å²) in [6.07, 6.45) is 2.58. The van der Waals surface area contributed by atoms with Gasteiger partial charge in [0.2, 0.25) is 0 Å². The van der Waals surface area contributed by atoms with Crippen molar-refractivity contribution in [3.63, 3.8) is 0 Å². The second-order valence-corrected chi connectivity index (χ2v) is 10.1. The summed E-state index contributed by atoms with van der Waals surface area (Å²) in [6.45, 7) is 9.62. The maximum absolute atomic E-state index is 12.4. The van der Waals surface area contributed by atoms with E-state index in [0.717, 1.165) is 6.26 Å². The van der Waals surface area contributed by atoms with Gasteiger partial charge in [-0.1, -0.05) is 51.9 Å². The van der Waals surface area contributed by atoms with Gasteiger partial charge in [-0.15, -0.1) is 0 Å².